The third-order valence-corrected chi connectivity index (χ3v) is 2.39. The second-order valence-corrected chi connectivity index (χ2v) is 3.67. The van der Waals surface area contributed by atoms with Crippen molar-refractivity contribution in [2.24, 2.45) is 5.73 Å². The summed E-state index contributed by atoms with van der Waals surface area (Å²) in [6.45, 7) is 0. The molecule has 0 saturated heterocycles. The average Bonchev–Trinajstić information content (AvgIpc) is 2.11. The van der Waals surface area contributed by atoms with Gasteiger partial charge in [0.15, 0.2) is 17.5 Å². The number of hydrogen-bond acceptors (Lipinski definition) is 2. The van der Waals surface area contributed by atoms with Crippen molar-refractivity contribution < 1.29 is 17.9 Å². The van der Waals surface area contributed by atoms with Gasteiger partial charge in [0, 0.05) is 18.2 Å². The first kappa shape index (κ1) is 13.1. The Morgan fingerprint density at radius 3 is 2.06 bits per heavy atom. The van der Waals surface area contributed by atoms with Crippen molar-refractivity contribution in [3.8, 4) is 5.75 Å². The summed E-state index contributed by atoms with van der Waals surface area (Å²) in [6, 6.07) is 1.76. The maximum absolute atomic E-state index is 12.8. The number of benzene rings is 1. The van der Waals surface area contributed by atoms with E-state index in [1.165, 1.54) is 0 Å². The molecule has 0 amide bonds. The largest absolute Gasteiger partial charge is 0.490 e. The van der Waals surface area contributed by atoms with Gasteiger partial charge in [0.2, 0.25) is 0 Å². The molecule has 1 aromatic carbocycles. The van der Waals surface area contributed by atoms with Gasteiger partial charge in [-0.1, -0.05) is 0 Å². The number of ether oxygens (including phenoxy) is 1. The maximum Gasteiger partial charge on any atom is 0.194 e. The molecule has 1 fully saturated rings. The molecule has 90 valence electrons. The van der Waals surface area contributed by atoms with E-state index in [-0.39, 0.29) is 30.3 Å². The Balaban J connectivity index is 0.00000128. The second kappa shape index (κ2) is 4.93. The Labute approximate surface area is 97.0 Å². The minimum Gasteiger partial charge on any atom is -0.490 e. The van der Waals surface area contributed by atoms with Crippen LogP contribution in [0.1, 0.15) is 12.8 Å². The molecule has 2 N–H and O–H groups in total. The normalized spacial score (nSPS) is 23.2. The van der Waals surface area contributed by atoms with Gasteiger partial charge >= 0.3 is 0 Å². The van der Waals surface area contributed by atoms with Crippen molar-refractivity contribution in [2.45, 2.75) is 25.0 Å². The van der Waals surface area contributed by atoms with Crippen molar-refractivity contribution in [3.05, 3.63) is 29.6 Å². The lowest BCUT2D eigenvalue weighted by molar-refractivity contribution is 0.0998. The lowest BCUT2D eigenvalue weighted by Crippen LogP contribution is -2.43. The minimum atomic E-state index is -1.48. The van der Waals surface area contributed by atoms with Gasteiger partial charge < -0.3 is 10.5 Å². The van der Waals surface area contributed by atoms with E-state index in [1.54, 1.807) is 0 Å². The Kier molecular flexibility index (Phi) is 4.04. The molecule has 0 heterocycles. The van der Waals surface area contributed by atoms with E-state index < -0.39 is 17.5 Å². The molecule has 2 nitrogen and oxygen atoms in total. The van der Waals surface area contributed by atoms with Gasteiger partial charge in [0.25, 0.3) is 0 Å². The highest BCUT2D eigenvalue weighted by Gasteiger charge is 2.28. The van der Waals surface area contributed by atoms with Crippen LogP contribution in [0.25, 0.3) is 0 Å². The minimum absolute atomic E-state index is 0. The lowest BCUT2D eigenvalue weighted by Gasteiger charge is -2.32. The highest BCUT2D eigenvalue weighted by Crippen LogP contribution is 2.26. The number of nitrogens with two attached hydrogens (primary N) is 1. The first-order valence-electron chi connectivity index (χ1n) is 4.63. The van der Waals surface area contributed by atoms with E-state index in [2.05, 4.69) is 0 Å². The third kappa shape index (κ3) is 2.59. The van der Waals surface area contributed by atoms with Crippen LogP contribution in [0.2, 0.25) is 0 Å². The molecule has 16 heavy (non-hydrogen) atoms. The highest BCUT2D eigenvalue weighted by molar-refractivity contribution is 5.85. The molecule has 6 heteroatoms. The Bertz CT molecular complexity index is 359. The van der Waals surface area contributed by atoms with E-state index in [0.29, 0.717) is 12.8 Å². The van der Waals surface area contributed by atoms with Crippen LogP contribution in [0.4, 0.5) is 13.2 Å². The van der Waals surface area contributed by atoms with Crippen molar-refractivity contribution in [2.75, 3.05) is 0 Å². The van der Waals surface area contributed by atoms with Crippen molar-refractivity contribution in [3.63, 3.8) is 0 Å². The lowest BCUT2D eigenvalue weighted by atomic mass is 9.90. The summed E-state index contributed by atoms with van der Waals surface area (Å²) >= 11 is 0. The van der Waals surface area contributed by atoms with Gasteiger partial charge in [-0.3, -0.25) is 0 Å². The number of halogens is 4. The maximum atomic E-state index is 12.8. The fourth-order valence-electron chi connectivity index (χ4n) is 1.50. The van der Waals surface area contributed by atoms with Crippen LogP contribution in [0.15, 0.2) is 12.1 Å². The van der Waals surface area contributed by atoms with Crippen LogP contribution in [-0.2, 0) is 0 Å². The Morgan fingerprint density at radius 2 is 1.62 bits per heavy atom. The summed E-state index contributed by atoms with van der Waals surface area (Å²) < 4.78 is 43.3. The molecule has 1 aromatic rings. The summed E-state index contributed by atoms with van der Waals surface area (Å²) in [5.41, 5.74) is 5.52. The zero-order valence-corrected chi connectivity index (χ0v) is 9.07. The predicted octanol–water partition coefficient (Wildman–Crippen LogP) is 2.39. The summed E-state index contributed by atoms with van der Waals surface area (Å²) in [4.78, 5) is 0. The SMILES string of the molecule is Cl.NC1CC(Oc2cc(F)c(F)c(F)c2)C1. The standard InChI is InChI=1S/C10H10F3NO.ClH/c11-8-3-7(4-9(12)10(8)13)15-6-1-5(14)2-6;/h3-6H,1-2,14H2;1H. The first-order chi connectivity index (χ1) is 7.06. The predicted molar refractivity (Wildman–Crippen MR) is 55.2 cm³/mol. The van der Waals surface area contributed by atoms with Gasteiger partial charge in [-0.15, -0.1) is 12.4 Å². The topological polar surface area (TPSA) is 35.2 Å². The first-order valence-corrected chi connectivity index (χ1v) is 4.63. The van der Waals surface area contributed by atoms with Crippen LogP contribution in [0.5, 0.6) is 5.75 Å². The van der Waals surface area contributed by atoms with E-state index in [1.807, 2.05) is 0 Å². The zero-order chi connectivity index (χ0) is 11.0. The molecular weight excluding hydrogens is 243 g/mol. The summed E-state index contributed by atoms with van der Waals surface area (Å²) in [7, 11) is 0. The summed E-state index contributed by atoms with van der Waals surface area (Å²) in [6.07, 6.45) is 1.19. The fraction of sp³-hybridized carbons (Fsp3) is 0.400. The van der Waals surface area contributed by atoms with Gasteiger partial charge in [0.1, 0.15) is 11.9 Å². The molecule has 1 saturated carbocycles. The molecular formula is C10H11ClF3NO. The quantitative estimate of drug-likeness (QED) is 0.822. The van der Waals surface area contributed by atoms with E-state index >= 15 is 0 Å². The monoisotopic (exact) mass is 253 g/mol. The van der Waals surface area contributed by atoms with Crippen LogP contribution < -0.4 is 10.5 Å². The summed E-state index contributed by atoms with van der Waals surface area (Å²) in [5, 5.41) is 0. The van der Waals surface area contributed by atoms with Gasteiger partial charge in [-0.05, 0) is 12.8 Å². The Hall–Kier alpha value is -0.940. The van der Waals surface area contributed by atoms with Crippen molar-refractivity contribution in [1.29, 1.82) is 0 Å². The average molecular weight is 254 g/mol. The molecule has 0 atom stereocenters. The third-order valence-electron chi connectivity index (χ3n) is 2.39. The van der Waals surface area contributed by atoms with Gasteiger partial charge in [-0.25, -0.2) is 13.2 Å². The zero-order valence-electron chi connectivity index (χ0n) is 8.25. The second-order valence-electron chi connectivity index (χ2n) is 3.67. The number of hydrogen-bond donors (Lipinski definition) is 1. The van der Waals surface area contributed by atoms with Crippen LogP contribution in [-0.4, -0.2) is 12.1 Å². The molecule has 2 rings (SSSR count). The highest BCUT2D eigenvalue weighted by atomic mass is 35.5. The van der Waals surface area contributed by atoms with Crippen LogP contribution in [0, 0.1) is 17.5 Å². The van der Waals surface area contributed by atoms with Crippen LogP contribution in [0.3, 0.4) is 0 Å². The molecule has 1 aliphatic carbocycles. The number of rotatable bonds is 2. The van der Waals surface area contributed by atoms with Crippen LogP contribution >= 0.6 is 12.4 Å². The fourth-order valence-corrected chi connectivity index (χ4v) is 1.50. The van der Waals surface area contributed by atoms with E-state index in [4.69, 9.17) is 10.5 Å². The van der Waals surface area contributed by atoms with E-state index in [9.17, 15) is 13.2 Å². The molecule has 0 spiro atoms. The molecule has 0 aliphatic heterocycles. The summed E-state index contributed by atoms with van der Waals surface area (Å²) in [5.74, 6) is -3.96. The smallest absolute Gasteiger partial charge is 0.194 e. The van der Waals surface area contributed by atoms with E-state index in [0.717, 1.165) is 12.1 Å². The molecule has 0 unspecified atom stereocenters. The molecule has 0 radical (unpaired) electrons. The molecule has 1 aliphatic rings. The Morgan fingerprint density at radius 1 is 1.12 bits per heavy atom. The van der Waals surface area contributed by atoms with Gasteiger partial charge in [0.05, 0.1) is 0 Å². The van der Waals surface area contributed by atoms with Crippen molar-refractivity contribution >= 4 is 12.4 Å². The van der Waals surface area contributed by atoms with Gasteiger partial charge in [-0.2, -0.15) is 0 Å². The molecule has 0 aromatic heterocycles. The molecule has 0 bridgehead atoms. The van der Waals surface area contributed by atoms with Crippen molar-refractivity contribution in [1.82, 2.24) is 0 Å².